The van der Waals surface area contributed by atoms with Crippen molar-refractivity contribution in [1.82, 2.24) is 0 Å². The summed E-state index contributed by atoms with van der Waals surface area (Å²) in [6.07, 6.45) is 12.4. The summed E-state index contributed by atoms with van der Waals surface area (Å²) in [5, 5.41) is 7.03. The Balaban J connectivity index is 2.36. The lowest BCUT2D eigenvalue weighted by molar-refractivity contribution is -0.433. The van der Waals surface area contributed by atoms with Gasteiger partial charge in [0.1, 0.15) is 12.0 Å². The second-order valence-corrected chi connectivity index (χ2v) is 6.78. The maximum absolute atomic E-state index is 13.3. The van der Waals surface area contributed by atoms with Crippen molar-refractivity contribution >= 4 is 18.0 Å². The highest BCUT2D eigenvalue weighted by Crippen LogP contribution is 2.31. The Morgan fingerprint density at radius 3 is 1.96 bits per heavy atom. The first-order valence-electron chi connectivity index (χ1n) is 8.27. The Kier molecular flexibility index (Phi) is 10.7. The fourth-order valence-electron chi connectivity index (χ4n) is 2.78. The number of hydrogen-bond acceptors (Lipinski definition) is 6. The molecule has 136 valence electrons. The van der Waals surface area contributed by atoms with Crippen LogP contribution in [0.25, 0.3) is 0 Å². The first-order chi connectivity index (χ1) is 11.1. The molecule has 0 aromatic rings. The Morgan fingerprint density at radius 2 is 1.48 bits per heavy atom. The van der Waals surface area contributed by atoms with E-state index in [1.165, 1.54) is 32.1 Å². The minimum atomic E-state index is -3.91. The lowest BCUT2D eigenvalue weighted by Gasteiger charge is -2.19. The van der Waals surface area contributed by atoms with E-state index in [-0.39, 0.29) is 12.5 Å². The van der Waals surface area contributed by atoms with E-state index in [9.17, 15) is 13.6 Å². The zero-order valence-electron chi connectivity index (χ0n) is 13.3. The maximum atomic E-state index is 13.3. The fourth-order valence-corrected chi connectivity index (χ4v) is 3.03. The molecule has 0 radical (unpaired) electrons. The monoisotopic (exact) mass is 356 g/mol. The molecule has 0 spiro atoms. The summed E-state index contributed by atoms with van der Waals surface area (Å²) in [5.74, 6) is -1.56. The predicted molar refractivity (Wildman–Crippen MR) is 82.6 cm³/mol. The van der Waals surface area contributed by atoms with Gasteiger partial charge in [0.2, 0.25) is 0 Å². The quantitative estimate of drug-likeness (QED) is 0.309. The van der Waals surface area contributed by atoms with Gasteiger partial charge in [-0.3, -0.25) is 0 Å². The van der Waals surface area contributed by atoms with Gasteiger partial charge in [0, 0.05) is 0 Å². The van der Waals surface area contributed by atoms with Crippen LogP contribution in [0.3, 0.4) is 0 Å². The summed E-state index contributed by atoms with van der Waals surface area (Å²) in [6.45, 7) is -0.00499. The van der Waals surface area contributed by atoms with E-state index in [1.807, 2.05) is 0 Å². The van der Waals surface area contributed by atoms with Crippen molar-refractivity contribution in [3.63, 3.8) is 0 Å². The van der Waals surface area contributed by atoms with Gasteiger partial charge in [0.25, 0.3) is 0 Å². The van der Waals surface area contributed by atoms with Crippen LogP contribution in [-0.2, 0) is 18.9 Å². The van der Waals surface area contributed by atoms with Gasteiger partial charge >= 0.3 is 11.2 Å². The van der Waals surface area contributed by atoms with Gasteiger partial charge < -0.3 is 4.74 Å². The summed E-state index contributed by atoms with van der Waals surface area (Å²) in [6, 6.07) is 0. The first-order valence-corrected chi connectivity index (χ1v) is 9.01. The molecular formula is C15H26F2O5S. The van der Waals surface area contributed by atoms with Gasteiger partial charge in [0.05, 0.1) is 6.61 Å². The van der Waals surface area contributed by atoms with Gasteiger partial charge in [-0.25, -0.2) is 10.1 Å². The molecule has 1 aliphatic rings. The molecule has 0 aromatic carbocycles. The van der Waals surface area contributed by atoms with Gasteiger partial charge in [-0.2, -0.15) is 8.78 Å². The first kappa shape index (κ1) is 20.6. The van der Waals surface area contributed by atoms with Crippen molar-refractivity contribution in [1.29, 1.82) is 0 Å². The largest absolute Gasteiger partial charge is 0.460 e. The number of esters is 1. The lowest BCUT2D eigenvalue weighted by atomic mass is 9.93. The van der Waals surface area contributed by atoms with E-state index in [2.05, 4.69) is 9.37 Å². The van der Waals surface area contributed by atoms with Crippen molar-refractivity contribution < 1.29 is 32.9 Å². The lowest BCUT2D eigenvalue weighted by Crippen LogP contribution is -2.29. The second kappa shape index (κ2) is 12.0. The minimum absolute atomic E-state index is 0.00499. The molecule has 0 saturated heterocycles. The normalized spacial score (nSPS) is 19.6. The minimum Gasteiger partial charge on any atom is -0.460 e. The number of carbonyl (C=O) groups excluding carboxylic acids is 1. The van der Waals surface area contributed by atoms with E-state index in [1.54, 1.807) is 0 Å². The molecule has 0 atom stereocenters. The SMILES string of the molecule is O=C(OCC1CCCCCCCCCCC1)C(F)(F)SOOO. The molecule has 23 heavy (non-hydrogen) atoms. The van der Waals surface area contributed by atoms with Crippen LogP contribution in [0.1, 0.15) is 70.6 Å². The number of halogens is 2. The van der Waals surface area contributed by atoms with E-state index in [0.717, 1.165) is 38.5 Å². The molecule has 1 saturated carbocycles. The van der Waals surface area contributed by atoms with Crippen LogP contribution < -0.4 is 0 Å². The summed E-state index contributed by atoms with van der Waals surface area (Å²) < 4.78 is 35.0. The molecule has 1 aliphatic carbocycles. The molecule has 0 unspecified atom stereocenters. The topological polar surface area (TPSA) is 65.0 Å². The highest BCUT2D eigenvalue weighted by Gasteiger charge is 2.44. The highest BCUT2D eigenvalue weighted by atomic mass is 32.2. The van der Waals surface area contributed by atoms with Crippen LogP contribution in [0.4, 0.5) is 8.78 Å². The molecule has 8 heteroatoms. The average molecular weight is 356 g/mol. The molecule has 1 rings (SSSR count). The van der Waals surface area contributed by atoms with Crippen LogP contribution in [-0.4, -0.2) is 23.1 Å². The summed E-state index contributed by atoms with van der Waals surface area (Å²) in [4.78, 5) is 11.4. The molecule has 5 nitrogen and oxygen atoms in total. The third-order valence-electron chi connectivity index (χ3n) is 4.08. The van der Waals surface area contributed by atoms with Crippen molar-refractivity contribution in [2.45, 2.75) is 75.9 Å². The summed E-state index contributed by atoms with van der Waals surface area (Å²) in [5.41, 5.74) is 0. The molecular weight excluding hydrogens is 330 g/mol. The van der Waals surface area contributed by atoms with Gasteiger partial charge in [-0.05, 0) is 18.8 Å². The third-order valence-corrected chi connectivity index (χ3v) is 4.59. The maximum Gasteiger partial charge on any atom is 0.415 e. The van der Waals surface area contributed by atoms with Crippen LogP contribution in [0.2, 0.25) is 0 Å². The Hall–Kier alpha value is -0.440. The third kappa shape index (κ3) is 9.44. The predicted octanol–water partition coefficient (Wildman–Crippen LogP) is 5.11. The van der Waals surface area contributed by atoms with E-state index in [0.29, 0.717) is 0 Å². The fraction of sp³-hybridized carbons (Fsp3) is 0.933. The number of rotatable bonds is 6. The number of ether oxygens (including phenoxy) is 1. The van der Waals surface area contributed by atoms with Crippen LogP contribution in [0.15, 0.2) is 0 Å². The van der Waals surface area contributed by atoms with E-state index in [4.69, 9.17) is 9.99 Å². The van der Waals surface area contributed by atoms with Crippen LogP contribution in [0.5, 0.6) is 0 Å². The van der Waals surface area contributed by atoms with Gasteiger partial charge in [-0.15, -0.1) is 4.33 Å². The van der Waals surface area contributed by atoms with Gasteiger partial charge in [-0.1, -0.05) is 62.8 Å². The van der Waals surface area contributed by atoms with Crippen molar-refractivity contribution in [3.8, 4) is 0 Å². The Bertz CT molecular complexity index is 319. The number of carbonyl (C=O) groups is 1. The zero-order valence-corrected chi connectivity index (χ0v) is 14.1. The van der Waals surface area contributed by atoms with E-state index >= 15 is 0 Å². The molecule has 0 aromatic heterocycles. The van der Waals surface area contributed by atoms with Gasteiger partial charge in [0.15, 0.2) is 0 Å². The average Bonchev–Trinajstić information content (AvgIpc) is 2.52. The highest BCUT2D eigenvalue weighted by molar-refractivity contribution is 7.96. The van der Waals surface area contributed by atoms with Crippen molar-refractivity contribution in [2.24, 2.45) is 5.92 Å². The molecule has 0 amide bonds. The smallest absolute Gasteiger partial charge is 0.415 e. The Labute approximate surface area is 140 Å². The molecule has 0 bridgehead atoms. The molecule has 0 aliphatic heterocycles. The van der Waals surface area contributed by atoms with Crippen molar-refractivity contribution in [3.05, 3.63) is 0 Å². The van der Waals surface area contributed by atoms with Crippen LogP contribution >= 0.6 is 12.0 Å². The number of hydrogen-bond donors (Lipinski definition) is 1. The zero-order chi connectivity index (χ0) is 17.0. The van der Waals surface area contributed by atoms with Crippen molar-refractivity contribution in [2.75, 3.05) is 6.61 Å². The summed E-state index contributed by atoms with van der Waals surface area (Å²) >= 11 is -0.588. The molecule has 1 N–H and O–H groups in total. The second-order valence-electron chi connectivity index (χ2n) is 5.97. The van der Waals surface area contributed by atoms with E-state index < -0.39 is 23.3 Å². The number of alkyl halides is 2. The molecule has 1 fully saturated rings. The molecule has 0 heterocycles. The Morgan fingerprint density at radius 1 is 1.00 bits per heavy atom. The summed E-state index contributed by atoms with van der Waals surface area (Å²) in [7, 11) is 0. The van der Waals surface area contributed by atoms with Crippen LogP contribution in [0, 0.1) is 5.92 Å². The standard InChI is InChI=1S/C15H26F2O5S/c16-15(17,23-22-21-19)14(18)20-12-13-10-8-6-4-2-1-3-5-7-9-11-13/h13,19H,1-12H2.